The van der Waals surface area contributed by atoms with Gasteiger partial charge in [0.1, 0.15) is 5.01 Å². The molecular weight excluding hydrogens is 429 g/mol. The summed E-state index contributed by atoms with van der Waals surface area (Å²) in [7, 11) is 0. The molecule has 0 aliphatic heterocycles. The average molecular weight is 445 g/mol. The molecule has 0 radical (unpaired) electrons. The second-order valence-corrected chi connectivity index (χ2v) is 10.1. The van der Waals surface area contributed by atoms with E-state index in [2.05, 4.69) is 63.1 Å². The summed E-state index contributed by atoms with van der Waals surface area (Å²) in [5.74, 6) is 0.729. The Balaban J connectivity index is 1.31. The molecule has 1 aromatic carbocycles. The van der Waals surface area contributed by atoms with Crippen LogP contribution in [0.4, 0.5) is 5.13 Å². The van der Waals surface area contributed by atoms with Crippen LogP contribution in [-0.2, 0) is 17.0 Å². The van der Waals surface area contributed by atoms with Crippen LogP contribution < -0.4 is 5.32 Å². The predicted molar refractivity (Wildman–Crippen MR) is 118 cm³/mol. The molecule has 0 saturated carbocycles. The maximum Gasteiger partial charge on any atom is 0.232 e. The van der Waals surface area contributed by atoms with Crippen molar-refractivity contribution in [3.05, 3.63) is 63.3 Å². The number of nitrogens with zero attached hydrogens (tertiary/aromatic N) is 3. The summed E-state index contributed by atoms with van der Waals surface area (Å²) in [6.45, 7) is 2.06. The van der Waals surface area contributed by atoms with Crippen molar-refractivity contribution in [1.82, 2.24) is 15.2 Å². The van der Waals surface area contributed by atoms with Crippen LogP contribution in [0.25, 0.3) is 10.6 Å². The minimum atomic E-state index is -0.133. The third-order valence-corrected chi connectivity index (χ3v) is 7.78. The number of carbonyl (C=O) groups excluding carboxylic acids is 1. The number of thiophene rings is 1. The van der Waals surface area contributed by atoms with Crippen molar-refractivity contribution in [2.75, 3.05) is 5.32 Å². The van der Waals surface area contributed by atoms with Crippen LogP contribution >= 0.6 is 45.8 Å². The van der Waals surface area contributed by atoms with Crippen LogP contribution in [0, 0.1) is 6.92 Å². The minimum Gasteiger partial charge on any atom is -0.300 e. The Hall–Kier alpha value is -2.07. The van der Waals surface area contributed by atoms with Gasteiger partial charge in [0.05, 0.1) is 12.1 Å². The molecule has 5 nitrogen and oxygen atoms in total. The Labute approximate surface area is 178 Å². The molecule has 0 fully saturated rings. The van der Waals surface area contributed by atoms with E-state index in [-0.39, 0.29) is 12.3 Å². The van der Waals surface area contributed by atoms with Gasteiger partial charge < -0.3 is 5.32 Å². The van der Waals surface area contributed by atoms with Gasteiger partial charge in [-0.05, 0) is 18.4 Å². The number of carbonyl (C=O) groups is 1. The second-order valence-electron chi connectivity index (χ2n) is 5.98. The zero-order valence-corrected chi connectivity index (χ0v) is 18.2. The predicted octanol–water partition coefficient (Wildman–Crippen LogP) is 5.51. The van der Waals surface area contributed by atoms with Crippen LogP contribution in [0.3, 0.4) is 0 Å². The number of hydrogen-bond acceptors (Lipinski definition) is 8. The highest BCUT2D eigenvalue weighted by molar-refractivity contribution is 8.00. The van der Waals surface area contributed by atoms with Gasteiger partial charge in [0.25, 0.3) is 0 Å². The molecule has 9 heteroatoms. The lowest BCUT2D eigenvalue weighted by atomic mass is 10.2. The SMILES string of the molecule is Cc1ccc(-c2nc(CC(=O)Nc3nnc(SCc4cccs4)s3)cs2)cc1. The lowest BCUT2D eigenvalue weighted by Crippen LogP contribution is -2.14. The summed E-state index contributed by atoms with van der Waals surface area (Å²) in [5.41, 5.74) is 3.04. The number of nitrogens with one attached hydrogen (secondary N) is 1. The topological polar surface area (TPSA) is 67.8 Å². The molecule has 4 rings (SSSR count). The fourth-order valence-corrected chi connectivity index (χ4v) is 5.76. The Kier molecular flexibility index (Phi) is 6.16. The first-order valence-electron chi connectivity index (χ1n) is 8.46. The van der Waals surface area contributed by atoms with Crippen molar-refractivity contribution in [2.24, 2.45) is 0 Å². The van der Waals surface area contributed by atoms with E-state index in [0.717, 1.165) is 26.4 Å². The molecule has 0 aliphatic carbocycles. The summed E-state index contributed by atoms with van der Waals surface area (Å²) in [5, 5.41) is 16.4. The van der Waals surface area contributed by atoms with Gasteiger partial charge in [-0.1, -0.05) is 59.0 Å². The number of thiazole rings is 1. The van der Waals surface area contributed by atoms with Crippen LogP contribution in [0.15, 0.2) is 51.5 Å². The van der Waals surface area contributed by atoms with Crippen molar-refractivity contribution in [3.8, 4) is 10.6 Å². The van der Waals surface area contributed by atoms with Gasteiger partial charge in [-0.15, -0.1) is 32.9 Å². The van der Waals surface area contributed by atoms with Crippen LogP contribution in [-0.4, -0.2) is 21.1 Å². The molecule has 0 unspecified atom stereocenters. The number of hydrogen-bond donors (Lipinski definition) is 1. The van der Waals surface area contributed by atoms with E-state index in [0.29, 0.717) is 5.13 Å². The Bertz CT molecular complexity index is 1050. The Morgan fingerprint density at radius 3 is 2.79 bits per heavy atom. The van der Waals surface area contributed by atoms with E-state index in [1.165, 1.54) is 21.8 Å². The van der Waals surface area contributed by atoms with Crippen molar-refractivity contribution in [2.45, 2.75) is 23.4 Å². The van der Waals surface area contributed by atoms with Gasteiger partial charge in [0, 0.05) is 21.6 Å². The molecule has 1 amide bonds. The molecule has 0 atom stereocenters. The number of amides is 1. The summed E-state index contributed by atoms with van der Waals surface area (Å²) in [6, 6.07) is 12.4. The normalized spacial score (nSPS) is 10.9. The molecule has 0 bridgehead atoms. The van der Waals surface area contributed by atoms with E-state index in [9.17, 15) is 4.79 Å². The number of aromatic nitrogens is 3. The van der Waals surface area contributed by atoms with E-state index < -0.39 is 0 Å². The highest BCUT2D eigenvalue weighted by Crippen LogP contribution is 2.29. The zero-order chi connectivity index (χ0) is 19.3. The first kappa shape index (κ1) is 19.3. The van der Waals surface area contributed by atoms with Crippen molar-refractivity contribution in [1.29, 1.82) is 0 Å². The molecule has 1 N–H and O–H groups in total. The first-order chi connectivity index (χ1) is 13.7. The van der Waals surface area contributed by atoms with Gasteiger partial charge >= 0.3 is 0 Å². The van der Waals surface area contributed by atoms with Gasteiger partial charge in [-0.3, -0.25) is 4.79 Å². The maximum atomic E-state index is 12.3. The number of rotatable bonds is 7. The molecule has 0 aliphatic rings. The smallest absolute Gasteiger partial charge is 0.232 e. The summed E-state index contributed by atoms with van der Waals surface area (Å²) >= 11 is 6.29. The van der Waals surface area contributed by atoms with Gasteiger partial charge in [0.15, 0.2) is 4.34 Å². The molecule has 28 heavy (non-hydrogen) atoms. The van der Waals surface area contributed by atoms with E-state index in [1.807, 2.05) is 11.4 Å². The zero-order valence-electron chi connectivity index (χ0n) is 14.9. The summed E-state index contributed by atoms with van der Waals surface area (Å²) < 4.78 is 0.846. The number of benzene rings is 1. The summed E-state index contributed by atoms with van der Waals surface area (Å²) in [6.07, 6.45) is 0.222. The van der Waals surface area contributed by atoms with E-state index in [4.69, 9.17) is 0 Å². The van der Waals surface area contributed by atoms with Crippen LogP contribution in [0.1, 0.15) is 16.1 Å². The highest BCUT2D eigenvalue weighted by Gasteiger charge is 2.12. The average Bonchev–Trinajstić information content (AvgIpc) is 3.43. The number of aryl methyl sites for hydroxylation is 1. The lowest BCUT2D eigenvalue weighted by molar-refractivity contribution is -0.115. The first-order valence-corrected chi connectivity index (χ1v) is 12.0. The molecule has 4 aromatic rings. The maximum absolute atomic E-state index is 12.3. The Morgan fingerprint density at radius 2 is 2.00 bits per heavy atom. The molecule has 3 aromatic heterocycles. The monoisotopic (exact) mass is 444 g/mol. The van der Waals surface area contributed by atoms with Gasteiger partial charge in [-0.2, -0.15) is 0 Å². The molecule has 142 valence electrons. The summed E-state index contributed by atoms with van der Waals surface area (Å²) in [4.78, 5) is 18.2. The van der Waals surface area contributed by atoms with Crippen LogP contribution in [0.2, 0.25) is 0 Å². The minimum absolute atomic E-state index is 0.133. The standard InChI is InChI=1S/C19H16N4OS4/c1-12-4-6-13(7-5-12)17-20-14(10-26-17)9-16(24)21-18-22-23-19(28-18)27-11-15-3-2-8-25-15/h2-8,10H,9,11H2,1H3,(H,21,22,24). The highest BCUT2D eigenvalue weighted by atomic mass is 32.2. The molecule has 3 heterocycles. The van der Waals surface area contributed by atoms with Crippen LogP contribution in [0.5, 0.6) is 0 Å². The van der Waals surface area contributed by atoms with Gasteiger partial charge in [-0.25, -0.2) is 4.98 Å². The third kappa shape index (κ3) is 5.05. The number of anilines is 1. The lowest BCUT2D eigenvalue weighted by Gasteiger charge is -1.99. The van der Waals surface area contributed by atoms with Crippen molar-refractivity contribution < 1.29 is 4.79 Å². The van der Waals surface area contributed by atoms with Crippen molar-refractivity contribution in [3.63, 3.8) is 0 Å². The number of thioether (sulfide) groups is 1. The third-order valence-electron chi connectivity index (χ3n) is 3.76. The van der Waals surface area contributed by atoms with E-state index in [1.54, 1.807) is 34.4 Å². The quantitative estimate of drug-likeness (QED) is 0.301. The molecule has 0 spiro atoms. The molecule has 0 saturated heterocycles. The largest absolute Gasteiger partial charge is 0.300 e. The second kappa shape index (κ2) is 8.95. The fraction of sp³-hybridized carbons (Fsp3) is 0.158. The Morgan fingerprint density at radius 1 is 1.14 bits per heavy atom. The van der Waals surface area contributed by atoms with Crippen molar-refractivity contribution >= 4 is 56.8 Å². The van der Waals surface area contributed by atoms with E-state index >= 15 is 0 Å². The molecular formula is C19H16N4OS4. The fourth-order valence-electron chi connectivity index (χ4n) is 2.39. The van der Waals surface area contributed by atoms with Gasteiger partial charge in [0.2, 0.25) is 11.0 Å².